The van der Waals surface area contributed by atoms with Gasteiger partial charge in [-0.15, -0.1) is 0 Å². The summed E-state index contributed by atoms with van der Waals surface area (Å²) in [5, 5.41) is 20.5. The molecular formula is C22H29NO. The summed E-state index contributed by atoms with van der Waals surface area (Å²) in [6, 6.07) is 8.69. The molecule has 0 saturated heterocycles. The molecule has 0 bridgehead atoms. The smallest absolute Gasteiger partial charge is 0.0994 e. The number of hydrogen-bond donors (Lipinski definition) is 1. The summed E-state index contributed by atoms with van der Waals surface area (Å²) in [6.07, 6.45) is 5.56. The SMILES string of the molecule is CC(C)[C@H]1CC2C3CCc4c(C#N)cccc4C3CC[C@]2(C)[C@H]1O. The maximum absolute atomic E-state index is 11.0. The Morgan fingerprint density at radius 3 is 2.79 bits per heavy atom. The molecule has 1 N–H and O–H groups in total. The van der Waals surface area contributed by atoms with Crippen molar-refractivity contribution < 1.29 is 5.11 Å². The van der Waals surface area contributed by atoms with E-state index in [1.807, 2.05) is 6.07 Å². The van der Waals surface area contributed by atoms with Crippen LogP contribution in [0.4, 0.5) is 0 Å². The van der Waals surface area contributed by atoms with Gasteiger partial charge in [0, 0.05) is 0 Å². The molecule has 1 aromatic rings. The second-order valence-electron chi connectivity index (χ2n) is 9.03. The molecule has 1 aromatic carbocycles. The van der Waals surface area contributed by atoms with Gasteiger partial charge in [-0.25, -0.2) is 0 Å². The van der Waals surface area contributed by atoms with Crippen molar-refractivity contribution in [3.8, 4) is 6.07 Å². The Kier molecular flexibility index (Phi) is 3.77. The van der Waals surface area contributed by atoms with E-state index >= 15 is 0 Å². The fourth-order valence-electron chi connectivity index (χ4n) is 6.43. The number of hydrogen-bond acceptors (Lipinski definition) is 2. The lowest BCUT2D eigenvalue weighted by molar-refractivity contribution is -0.0371. The average molecular weight is 323 g/mol. The van der Waals surface area contributed by atoms with Crippen molar-refractivity contribution in [3.05, 3.63) is 34.9 Å². The molecule has 3 aliphatic carbocycles. The number of aliphatic hydroxyl groups excluding tert-OH is 1. The van der Waals surface area contributed by atoms with Gasteiger partial charge < -0.3 is 5.11 Å². The number of nitriles is 1. The van der Waals surface area contributed by atoms with Crippen molar-refractivity contribution in [1.29, 1.82) is 5.26 Å². The van der Waals surface area contributed by atoms with Crippen molar-refractivity contribution in [2.45, 2.75) is 64.9 Å². The zero-order valence-corrected chi connectivity index (χ0v) is 15.1. The Morgan fingerprint density at radius 1 is 1.29 bits per heavy atom. The minimum Gasteiger partial charge on any atom is -0.392 e. The van der Waals surface area contributed by atoms with Crippen molar-refractivity contribution in [1.82, 2.24) is 0 Å². The highest BCUT2D eigenvalue weighted by atomic mass is 16.3. The van der Waals surface area contributed by atoms with Crippen molar-refractivity contribution in [3.63, 3.8) is 0 Å². The highest BCUT2D eigenvalue weighted by Gasteiger charge is 2.58. The zero-order chi connectivity index (χ0) is 17.1. The minimum atomic E-state index is -0.143. The van der Waals surface area contributed by atoms with E-state index in [0.29, 0.717) is 29.6 Å². The molecule has 2 fully saturated rings. The molecule has 0 aromatic heterocycles. The first-order valence-electron chi connectivity index (χ1n) is 9.67. The summed E-state index contributed by atoms with van der Waals surface area (Å²) in [5.74, 6) is 2.92. The Hall–Kier alpha value is -1.33. The molecule has 0 amide bonds. The van der Waals surface area contributed by atoms with Crippen molar-refractivity contribution >= 4 is 0 Å². The molecule has 2 nitrogen and oxygen atoms in total. The van der Waals surface area contributed by atoms with Gasteiger partial charge >= 0.3 is 0 Å². The van der Waals surface area contributed by atoms with Crippen molar-refractivity contribution in [2.24, 2.45) is 29.1 Å². The highest BCUT2D eigenvalue weighted by Crippen LogP contribution is 2.63. The van der Waals surface area contributed by atoms with E-state index in [2.05, 4.69) is 39.0 Å². The van der Waals surface area contributed by atoms with Gasteiger partial charge in [-0.1, -0.05) is 32.9 Å². The molecule has 3 unspecified atom stereocenters. The van der Waals surface area contributed by atoms with Gasteiger partial charge in [0.25, 0.3) is 0 Å². The summed E-state index contributed by atoms with van der Waals surface area (Å²) in [5.41, 5.74) is 3.73. The standard InChI is InChI=1S/C22H29NO/c1-13(2)19-11-20-18-8-7-15-14(12-23)5-4-6-16(15)17(18)9-10-22(20,3)21(19)24/h4-6,13,17-21,24H,7-11H2,1-3H3/t17?,18?,19-,20?,21+,22+/m1/s1. The Labute approximate surface area is 145 Å². The van der Waals surface area contributed by atoms with Gasteiger partial charge in [0.2, 0.25) is 0 Å². The molecule has 2 saturated carbocycles. The van der Waals surface area contributed by atoms with Crippen LogP contribution in [0.5, 0.6) is 0 Å². The predicted molar refractivity (Wildman–Crippen MR) is 95.5 cm³/mol. The maximum Gasteiger partial charge on any atom is 0.0994 e. The lowest BCUT2D eigenvalue weighted by atomic mass is 9.55. The fraction of sp³-hybridized carbons (Fsp3) is 0.682. The van der Waals surface area contributed by atoms with Gasteiger partial charge in [0.05, 0.1) is 17.7 Å². The van der Waals surface area contributed by atoms with E-state index in [9.17, 15) is 10.4 Å². The highest BCUT2D eigenvalue weighted by molar-refractivity contribution is 5.46. The molecule has 6 atom stereocenters. The van der Waals surface area contributed by atoms with Gasteiger partial charge in [0.15, 0.2) is 0 Å². The fourth-order valence-corrected chi connectivity index (χ4v) is 6.43. The monoisotopic (exact) mass is 323 g/mol. The number of benzene rings is 1. The largest absolute Gasteiger partial charge is 0.392 e. The molecule has 0 aliphatic heterocycles. The average Bonchev–Trinajstić information content (AvgIpc) is 2.86. The van der Waals surface area contributed by atoms with Crippen LogP contribution in [0.2, 0.25) is 0 Å². The second kappa shape index (κ2) is 5.60. The number of rotatable bonds is 1. The number of aliphatic hydroxyl groups is 1. The minimum absolute atomic E-state index is 0.0977. The van der Waals surface area contributed by atoms with Crippen LogP contribution >= 0.6 is 0 Å². The van der Waals surface area contributed by atoms with Crippen LogP contribution < -0.4 is 0 Å². The van der Waals surface area contributed by atoms with Crippen LogP contribution in [0, 0.1) is 40.4 Å². The molecule has 0 radical (unpaired) electrons. The lowest BCUT2D eigenvalue weighted by Gasteiger charge is -2.50. The topological polar surface area (TPSA) is 44.0 Å². The quantitative estimate of drug-likeness (QED) is 0.817. The van der Waals surface area contributed by atoms with Gasteiger partial charge in [-0.2, -0.15) is 5.26 Å². The van der Waals surface area contributed by atoms with Gasteiger partial charge in [-0.05, 0) is 84.3 Å². The molecule has 0 heterocycles. The van der Waals surface area contributed by atoms with Crippen LogP contribution in [0.1, 0.15) is 69.1 Å². The predicted octanol–water partition coefficient (Wildman–Crippen LogP) is 4.66. The summed E-state index contributed by atoms with van der Waals surface area (Å²) >= 11 is 0. The van der Waals surface area contributed by atoms with Crippen LogP contribution in [-0.4, -0.2) is 11.2 Å². The lowest BCUT2D eigenvalue weighted by Crippen LogP contribution is -2.44. The molecule has 0 spiro atoms. The van der Waals surface area contributed by atoms with Crippen molar-refractivity contribution in [2.75, 3.05) is 0 Å². The summed E-state index contributed by atoms with van der Waals surface area (Å²) in [7, 11) is 0. The summed E-state index contributed by atoms with van der Waals surface area (Å²) in [4.78, 5) is 0. The Balaban J connectivity index is 1.71. The van der Waals surface area contributed by atoms with Crippen LogP contribution in [-0.2, 0) is 6.42 Å². The molecule has 24 heavy (non-hydrogen) atoms. The van der Waals surface area contributed by atoms with E-state index in [1.54, 1.807) is 0 Å². The Morgan fingerprint density at radius 2 is 2.08 bits per heavy atom. The van der Waals surface area contributed by atoms with E-state index in [-0.39, 0.29) is 11.5 Å². The normalized spacial score (nSPS) is 40.6. The van der Waals surface area contributed by atoms with Crippen LogP contribution in [0.3, 0.4) is 0 Å². The Bertz CT molecular complexity index is 688. The summed E-state index contributed by atoms with van der Waals surface area (Å²) in [6.45, 7) is 6.88. The molecule has 128 valence electrons. The van der Waals surface area contributed by atoms with Gasteiger partial charge in [-0.3, -0.25) is 0 Å². The molecule has 2 heteroatoms. The third-order valence-corrected chi connectivity index (χ3v) is 7.80. The van der Waals surface area contributed by atoms with E-state index in [1.165, 1.54) is 30.4 Å². The van der Waals surface area contributed by atoms with E-state index < -0.39 is 0 Å². The van der Waals surface area contributed by atoms with E-state index in [0.717, 1.165) is 18.4 Å². The first kappa shape index (κ1) is 16.2. The molecule has 3 aliphatic rings. The summed E-state index contributed by atoms with van der Waals surface area (Å²) < 4.78 is 0. The molecular weight excluding hydrogens is 294 g/mol. The van der Waals surface area contributed by atoms with Crippen LogP contribution in [0.15, 0.2) is 18.2 Å². The third kappa shape index (κ3) is 2.10. The maximum atomic E-state index is 11.0. The zero-order valence-electron chi connectivity index (χ0n) is 15.1. The number of nitrogens with zero attached hydrogens (tertiary/aromatic N) is 1. The van der Waals surface area contributed by atoms with Gasteiger partial charge in [0.1, 0.15) is 0 Å². The first-order chi connectivity index (χ1) is 11.5. The number of fused-ring (bicyclic) bond motifs is 5. The first-order valence-corrected chi connectivity index (χ1v) is 9.67. The third-order valence-electron chi connectivity index (χ3n) is 7.80. The molecule has 4 rings (SSSR count). The van der Waals surface area contributed by atoms with Crippen LogP contribution in [0.25, 0.3) is 0 Å². The van der Waals surface area contributed by atoms with E-state index in [4.69, 9.17) is 0 Å². The second-order valence-corrected chi connectivity index (χ2v) is 9.03.